The molecule has 0 aliphatic carbocycles. The molecule has 3 nitrogen and oxygen atoms in total. The Hall–Kier alpha value is -0.610. The minimum absolute atomic E-state index is 0.144. The van der Waals surface area contributed by atoms with Gasteiger partial charge in [0.2, 0.25) is 0 Å². The first-order valence-electron chi connectivity index (χ1n) is 6.49. The van der Waals surface area contributed by atoms with Crippen molar-refractivity contribution in [3.8, 4) is 0 Å². The normalized spacial score (nSPS) is 17.6. The minimum Gasteiger partial charge on any atom is -0.328 e. The van der Waals surface area contributed by atoms with Crippen LogP contribution in [0.5, 0.6) is 0 Å². The predicted molar refractivity (Wildman–Crippen MR) is 78.8 cm³/mol. The van der Waals surface area contributed by atoms with Crippen molar-refractivity contribution in [2.45, 2.75) is 25.3 Å². The number of carbonyl (C=O) groups excluding carboxylic acids is 1. The molecule has 0 radical (unpaired) electrons. The van der Waals surface area contributed by atoms with Crippen molar-refractivity contribution in [2.75, 3.05) is 19.6 Å². The number of halogens is 2. The van der Waals surface area contributed by atoms with Crippen LogP contribution in [0.3, 0.4) is 0 Å². The van der Waals surface area contributed by atoms with E-state index < -0.39 is 0 Å². The van der Waals surface area contributed by atoms with Gasteiger partial charge in [0.1, 0.15) is 0 Å². The van der Waals surface area contributed by atoms with Gasteiger partial charge in [-0.05, 0) is 30.5 Å². The number of piperidine rings is 1. The van der Waals surface area contributed by atoms with Crippen molar-refractivity contribution < 1.29 is 4.79 Å². The van der Waals surface area contributed by atoms with E-state index in [0.717, 1.165) is 31.5 Å². The molecule has 1 aliphatic heterocycles. The van der Waals surface area contributed by atoms with E-state index in [1.165, 1.54) is 0 Å². The van der Waals surface area contributed by atoms with Crippen LogP contribution in [0.25, 0.3) is 0 Å². The highest BCUT2D eigenvalue weighted by molar-refractivity contribution is 6.36. The number of carbonyl (C=O) groups is 1. The molecule has 2 rings (SSSR count). The van der Waals surface area contributed by atoms with Crippen LogP contribution in [0.4, 0.5) is 0 Å². The number of nitrogens with two attached hydrogens (primary N) is 1. The number of nitrogens with zero attached hydrogens (tertiary/aromatic N) is 1. The van der Waals surface area contributed by atoms with E-state index in [0.29, 0.717) is 23.0 Å². The Labute approximate surface area is 123 Å². The topological polar surface area (TPSA) is 46.3 Å². The zero-order valence-electron chi connectivity index (χ0n) is 10.7. The average Bonchev–Trinajstić information content (AvgIpc) is 2.37. The Morgan fingerprint density at radius 2 is 1.84 bits per heavy atom. The predicted octanol–water partition coefficient (Wildman–Crippen LogP) is 2.53. The maximum Gasteiger partial charge on any atom is 0.151 e. The molecule has 0 amide bonds. The van der Waals surface area contributed by atoms with Gasteiger partial charge in [-0.25, -0.2) is 0 Å². The number of hydrogen-bond donors (Lipinski definition) is 1. The number of Topliss-reactive ketones (excluding diaryl/α,β-unsaturated/α-hetero) is 1. The third-order valence-electron chi connectivity index (χ3n) is 3.47. The van der Waals surface area contributed by atoms with E-state index in [1.54, 1.807) is 18.2 Å². The first-order valence-corrected chi connectivity index (χ1v) is 7.24. The van der Waals surface area contributed by atoms with Gasteiger partial charge in [0.05, 0.1) is 6.54 Å². The monoisotopic (exact) mass is 300 g/mol. The van der Waals surface area contributed by atoms with E-state index in [1.807, 2.05) is 0 Å². The van der Waals surface area contributed by atoms with Gasteiger partial charge >= 0.3 is 0 Å². The molecule has 1 heterocycles. The molecular formula is C14H18Cl2N2O. The van der Waals surface area contributed by atoms with Gasteiger partial charge in [0.25, 0.3) is 0 Å². The molecule has 0 atom stereocenters. The molecule has 0 bridgehead atoms. The number of likely N-dealkylation sites (tertiary alicyclic amines) is 1. The maximum atomic E-state index is 12.1. The minimum atomic E-state index is 0.144. The molecule has 2 N–H and O–H groups in total. The van der Waals surface area contributed by atoms with Crippen LogP contribution in [0.2, 0.25) is 10.0 Å². The number of ketones is 1. The van der Waals surface area contributed by atoms with E-state index in [2.05, 4.69) is 4.90 Å². The summed E-state index contributed by atoms with van der Waals surface area (Å²) in [6.07, 6.45) is 2.21. The molecule has 0 saturated carbocycles. The molecule has 1 aromatic rings. The Morgan fingerprint density at radius 3 is 2.42 bits per heavy atom. The highest BCUT2D eigenvalue weighted by Crippen LogP contribution is 2.25. The first-order chi connectivity index (χ1) is 9.06. The summed E-state index contributed by atoms with van der Waals surface area (Å²) in [6.45, 7) is 2.24. The molecule has 0 spiro atoms. The molecule has 1 saturated heterocycles. The van der Waals surface area contributed by atoms with Gasteiger partial charge < -0.3 is 5.73 Å². The van der Waals surface area contributed by atoms with E-state index in [9.17, 15) is 4.79 Å². The summed E-state index contributed by atoms with van der Waals surface area (Å²) in [5.41, 5.74) is 6.57. The number of rotatable bonds is 4. The molecule has 0 aromatic heterocycles. The summed E-state index contributed by atoms with van der Waals surface area (Å²) in [4.78, 5) is 14.2. The smallest absolute Gasteiger partial charge is 0.151 e. The SMILES string of the molecule is NC1CCN(CC(=O)Cc2c(Cl)cccc2Cl)CC1. The van der Waals surface area contributed by atoms with E-state index >= 15 is 0 Å². The lowest BCUT2D eigenvalue weighted by Crippen LogP contribution is -2.42. The summed E-state index contributed by atoms with van der Waals surface area (Å²) in [5.74, 6) is 0.144. The first kappa shape index (κ1) is 14.8. The van der Waals surface area contributed by atoms with Gasteiger partial charge in [-0.15, -0.1) is 0 Å². The fourth-order valence-corrected chi connectivity index (χ4v) is 2.85. The molecule has 1 fully saturated rings. The van der Waals surface area contributed by atoms with Gasteiger partial charge in [-0.3, -0.25) is 9.69 Å². The Kier molecular flexibility index (Phi) is 5.22. The summed E-state index contributed by atoms with van der Waals surface area (Å²) in [6, 6.07) is 5.58. The standard InChI is InChI=1S/C14H18Cl2N2O/c15-13-2-1-3-14(16)12(13)8-11(19)9-18-6-4-10(17)5-7-18/h1-3,10H,4-9,17H2. The van der Waals surface area contributed by atoms with Crippen LogP contribution in [0, 0.1) is 0 Å². The number of hydrogen-bond acceptors (Lipinski definition) is 3. The second-order valence-electron chi connectivity index (χ2n) is 5.03. The molecule has 0 unspecified atom stereocenters. The zero-order valence-corrected chi connectivity index (χ0v) is 12.3. The Bertz CT molecular complexity index is 437. The van der Waals surface area contributed by atoms with Crippen molar-refractivity contribution in [1.82, 2.24) is 4.90 Å². The summed E-state index contributed by atoms with van der Waals surface area (Å²) < 4.78 is 0. The summed E-state index contributed by atoms with van der Waals surface area (Å²) in [7, 11) is 0. The molecule has 104 valence electrons. The Morgan fingerprint density at radius 1 is 1.26 bits per heavy atom. The second kappa shape index (κ2) is 6.71. The van der Waals surface area contributed by atoms with Crippen molar-refractivity contribution in [1.29, 1.82) is 0 Å². The lowest BCUT2D eigenvalue weighted by atomic mass is 10.0. The van der Waals surface area contributed by atoms with Gasteiger partial charge in [0.15, 0.2) is 5.78 Å². The third kappa shape index (κ3) is 4.18. The largest absolute Gasteiger partial charge is 0.328 e. The number of benzene rings is 1. The zero-order chi connectivity index (χ0) is 13.8. The Balaban J connectivity index is 1.91. The fourth-order valence-electron chi connectivity index (χ4n) is 2.31. The molecular weight excluding hydrogens is 283 g/mol. The van der Waals surface area contributed by atoms with Crippen LogP contribution in [-0.2, 0) is 11.2 Å². The van der Waals surface area contributed by atoms with Gasteiger partial charge in [0, 0.05) is 35.6 Å². The van der Waals surface area contributed by atoms with Gasteiger partial charge in [-0.2, -0.15) is 0 Å². The second-order valence-corrected chi connectivity index (χ2v) is 5.84. The van der Waals surface area contributed by atoms with Crippen LogP contribution in [-0.4, -0.2) is 36.4 Å². The molecule has 19 heavy (non-hydrogen) atoms. The average molecular weight is 301 g/mol. The summed E-state index contributed by atoms with van der Waals surface area (Å²) >= 11 is 12.1. The van der Waals surface area contributed by atoms with Crippen molar-refractivity contribution in [3.63, 3.8) is 0 Å². The van der Waals surface area contributed by atoms with Gasteiger partial charge in [-0.1, -0.05) is 29.3 Å². The highest BCUT2D eigenvalue weighted by Gasteiger charge is 2.19. The van der Waals surface area contributed by atoms with Crippen LogP contribution < -0.4 is 5.73 Å². The quantitative estimate of drug-likeness (QED) is 0.929. The van der Waals surface area contributed by atoms with E-state index in [-0.39, 0.29) is 11.8 Å². The van der Waals surface area contributed by atoms with Crippen LogP contribution in [0.15, 0.2) is 18.2 Å². The van der Waals surface area contributed by atoms with Crippen molar-refractivity contribution in [3.05, 3.63) is 33.8 Å². The van der Waals surface area contributed by atoms with Crippen molar-refractivity contribution in [2.24, 2.45) is 5.73 Å². The molecule has 1 aliphatic rings. The van der Waals surface area contributed by atoms with Crippen LogP contribution in [0.1, 0.15) is 18.4 Å². The molecule has 5 heteroatoms. The van der Waals surface area contributed by atoms with Crippen LogP contribution >= 0.6 is 23.2 Å². The fraction of sp³-hybridized carbons (Fsp3) is 0.500. The van der Waals surface area contributed by atoms with Crippen molar-refractivity contribution >= 4 is 29.0 Å². The molecule has 1 aromatic carbocycles. The highest BCUT2D eigenvalue weighted by atomic mass is 35.5. The third-order valence-corrected chi connectivity index (χ3v) is 4.18. The lowest BCUT2D eigenvalue weighted by Gasteiger charge is -2.29. The lowest BCUT2D eigenvalue weighted by molar-refractivity contribution is -0.119. The summed E-state index contributed by atoms with van der Waals surface area (Å²) in [5, 5.41) is 1.11. The maximum absolute atomic E-state index is 12.1. The van der Waals surface area contributed by atoms with E-state index in [4.69, 9.17) is 28.9 Å².